The highest BCUT2D eigenvalue weighted by Gasteiger charge is 2.28. The predicted octanol–water partition coefficient (Wildman–Crippen LogP) is 3.25. The maximum atomic E-state index is 12.0. The number of benzene rings is 2. The highest BCUT2D eigenvalue weighted by Crippen LogP contribution is 2.33. The minimum atomic E-state index is -0.547. The summed E-state index contributed by atoms with van der Waals surface area (Å²) in [5.74, 6) is 1.32. The van der Waals surface area contributed by atoms with Crippen molar-refractivity contribution in [1.82, 2.24) is 25.2 Å². The highest BCUT2D eigenvalue weighted by atomic mass is 16.5. The third kappa shape index (κ3) is 5.30. The molecule has 2 aromatic heterocycles. The molecule has 1 saturated heterocycles. The van der Waals surface area contributed by atoms with Gasteiger partial charge in [0.2, 0.25) is 5.91 Å². The molecule has 2 amide bonds. The topological polar surface area (TPSA) is 133 Å². The number of anilines is 1. The van der Waals surface area contributed by atoms with E-state index in [0.29, 0.717) is 43.2 Å². The maximum Gasteiger partial charge on any atom is 0.407 e. The number of para-hydroxylation sites is 1. The molecule has 10 nitrogen and oxygen atoms in total. The van der Waals surface area contributed by atoms with Crippen LogP contribution in [0.5, 0.6) is 0 Å². The zero-order valence-electron chi connectivity index (χ0n) is 21.2. The molecule has 4 N–H and O–H groups in total. The van der Waals surface area contributed by atoms with Gasteiger partial charge in [0.05, 0.1) is 36.7 Å². The lowest BCUT2D eigenvalue weighted by Crippen LogP contribution is -2.31. The fourth-order valence-corrected chi connectivity index (χ4v) is 4.36. The van der Waals surface area contributed by atoms with Crippen molar-refractivity contribution in [2.75, 3.05) is 32.1 Å². The summed E-state index contributed by atoms with van der Waals surface area (Å²) < 4.78 is 12.8. The van der Waals surface area contributed by atoms with Crippen LogP contribution in [0.1, 0.15) is 29.8 Å². The predicted molar refractivity (Wildman–Crippen MR) is 145 cm³/mol. The SMILES string of the molecule is C=C(C)C(=O)NCCOC(=O)NCc1ccc(Cn2c(C3COC3)nc3c(N)nc4ccccc4c32)cc1. The molecule has 38 heavy (non-hydrogen) atoms. The molecule has 0 atom stereocenters. The maximum absolute atomic E-state index is 12.0. The molecule has 4 aromatic rings. The molecule has 0 saturated carbocycles. The van der Waals surface area contributed by atoms with Crippen molar-refractivity contribution < 1.29 is 19.1 Å². The Morgan fingerprint density at radius 2 is 1.84 bits per heavy atom. The highest BCUT2D eigenvalue weighted by molar-refractivity contribution is 6.06. The van der Waals surface area contributed by atoms with Crippen molar-refractivity contribution >= 4 is 39.8 Å². The quantitative estimate of drug-likeness (QED) is 0.231. The van der Waals surface area contributed by atoms with E-state index in [0.717, 1.165) is 33.4 Å². The molecule has 0 spiro atoms. The number of hydrogen-bond acceptors (Lipinski definition) is 7. The Morgan fingerprint density at radius 1 is 1.11 bits per heavy atom. The first-order valence-corrected chi connectivity index (χ1v) is 12.4. The zero-order valence-corrected chi connectivity index (χ0v) is 21.2. The molecular formula is C28H30N6O4. The Morgan fingerprint density at radius 3 is 2.55 bits per heavy atom. The fourth-order valence-electron chi connectivity index (χ4n) is 4.36. The summed E-state index contributed by atoms with van der Waals surface area (Å²) in [6, 6.07) is 16.0. The Balaban J connectivity index is 1.27. The molecule has 5 rings (SSSR count). The molecule has 1 aliphatic rings. The molecule has 0 aliphatic carbocycles. The van der Waals surface area contributed by atoms with Crippen LogP contribution in [0.2, 0.25) is 0 Å². The van der Waals surface area contributed by atoms with Crippen LogP contribution in [0.4, 0.5) is 10.6 Å². The number of aromatic nitrogens is 3. The Hall–Kier alpha value is -4.44. The van der Waals surface area contributed by atoms with E-state index in [1.165, 1.54) is 0 Å². The molecule has 2 aromatic carbocycles. The molecular weight excluding hydrogens is 484 g/mol. The van der Waals surface area contributed by atoms with E-state index in [1.54, 1.807) is 6.92 Å². The molecule has 3 heterocycles. The third-order valence-corrected chi connectivity index (χ3v) is 6.45. The van der Waals surface area contributed by atoms with E-state index in [2.05, 4.69) is 26.8 Å². The van der Waals surface area contributed by atoms with Crippen molar-refractivity contribution in [2.45, 2.75) is 25.9 Å². The van der Waals surface area contributed by atoms with E-state index in [9.17, 15) is 9.59 Å². The van der Waals surface area contributed by atoms with Gasteiger partial charge in [-0.05, 0) is 24.1 Å². The second kappa shape index (κ2) is 10.9. The normalized spacial score (nSPS) is 13.3. The number of fused-ring (bicyclic) bond motifs is 3. The van der Waals surface area contributed by atoms with E-state index in [4.69, 9.17) is 20.2 Å². The van der Waals surface area contributed by atoms with Gasteiger partial charge in [0, 0.05) is 24.0 Å². The Bertz CT molecular complexity index is 1510. The first-order chi connectivity index (χ1) is 18.4. The van der Waals surface area contributed by atoms with Crippen LogP contribution < -0.4 is 16.4 Å². The smallest absolute Gasteiger partial charge is 0.407 e. The van der Waals surface area contributed by atoms with Crippen molar-refractivity contribution in [3.63, 3.8) is 0 Å². The average molecular weight is 515 g/mol. The summed E-state index contributed by atoms with van der Waals surface area (Å²) in [6.45, 7) is 7.67. The average Bonchev–Trinajstić information content (AvgIpc) is 3.24. The largest absolute Gasteiger partial charge is 0.448 e. The van der Waals surface area contributed by atoms with E-state index < -0.39 is 6.09 Å². The first-order valence-electron chi connectivity index (χ1n) is 12.4. The second-order valence-electron chi connectivity index (χ2n) is 9.34. The Labute approximate surface area is 219 Å². The number of rotatable bonds is 9. The lowest BCUT2D eigenvalue weighted by atomic mass is 10.1. The minimum absolute atomic E-state index is 0.0751. The second-order valence-corrected chi connectivity index (χ2v) is 9.34. The Kier molecular flexibility index (Phi) is 7.23. The number of hydrogen-bond donors (Lipinski definition) is 3. The molecule has 0 bridgehead atoms. The molecule has 10 heteroatoms. The summed E-state index contributed by atoms with van der Waals surface area (Å²) in [6.07, 6.45) is -0.547. The summed E-state index contributed by atoms with van der Waals surface area (Å²) in [5.41, 5.74) is 11.3. The molecule has 196 valence electrons. The standard InChI is InChI=1S/C28H30N6O4/c1-17(2)27(35)30-11-12-38-28(36)31-13-18-7-9-19(10-8-18)14-34-24-21-5-3-4-6-22(21)32-25(29)23(24)33-26(34)20-15-37-16-20/h3-10,20H,1,11-16H2,2H3,(H2,29,32)(H,30,35)(H,31,36). The van der Waals surface area contributed by atoms with Gasteiger partial charge in [-0.1, -0.05) is 49.0 Å². The van der Waals surface area contributed by atoms with Crippen LogP contribution in [0.3, 0.4) is 0 Å². The summed E-state index contributed by atoms with van der Waals surface area (Å²) in [5, 5.41) is 6.34. The number of carbonyl (C=O) groups excluding carboxylic acids is 2. The van der Waals surface area contributed by atoms with Crippen LogP contribution >= 0.6 is 0 Å². The molecule has 1 fully saturated rings. The number of alkyl carbamates (subject to hydrolysis) is 1. The molecule has 0 unspecified atom stereocenters. The molecule has 1 aliphatic heterocycles. The summed E-state index contributed by atoms with van der Waals surface area (Å²) >= 11 is 0. The fraction of sp³-hybridized carbons (Fsp3) is 0.286. The number of nitrogens with two attached hydrogens (primary N) is 1. The first kappa shape index (κ1) is 25.2. The number of ether oxygens (including phenoxy) is 2. The van der Waals surface area contributed by atoms with Crippen molar-refractivity contribution in [2.24, 2.45) is 0 Å². The van der Waals surface area contributed by atoms with Gasteiger partial charge in [0.15, 0.2) is 5.82 Å². The van der Waals surface area contributed by atoms with E-state index >= 15 is 0 Å². The van der Waals surface area contributed by atoms with Gasteiger partial charge in [0.25, 0.3) is 0 Å². The monoisotopic (exact) mass is 514 g/mol. The van der Waals surface area contributed by atoms with Crippen LogP contribution in [0.15, 0.2) is 60.7 Å². The van der Waals surface area contributed by atoms with Crippen LogP contribution in [0.25, 0.3) is 21.9 Å². The van der Waals surface area contributed by atoms with Crippen LogP contribution in [0, 0.1) is 0 Å². The van der Waals surface area contributed by atoms with Crippen molar-refractivity contribution in [3.8, 4) is 0 Å². The van der Waals surface area contributed by atoms with Gasteiger partial charge in [-0.2, -0.15) is 0 Å². The summed E-state index contributed by atoms with van der Waals surface area (Å²) in [7, 11) is 0. The number of nitrogen functional groups attached to an aromatic ring is 1. The number of nitrogens with zero attached hydrogens (tertiary/aromatic N) is 3. The lowest BCUT2D eigenvalue weighted by molar-refractivity contribution is -0.117. The van der Waals surface area contributed by atoms with Gasteiger partial charge >= 0.3 is 6.09 Å². The minimum Gasteiger partial charge on any atom is -0.448 e. The van der Waals surface area contributed by atoms with Gasteiger partial charge < -0.3 is 30.4 Å². The van der Waals surface area contributed by atoms with Gasteiger partial charge in [-0.3, -0.25) is 4.79 Å². The van der Waals surface area contributed by atoms with Crippen molar-refractivity contribution in [1.29, 1.82) is 0 Å². The number of pyridine rings is 1. The van der Waals surface area contributed by atoms with Gasteiger partial charge in [-0.15, -0.1) is 0 Å². The number of carbonyl (C=O) groups is 2. The number of nitrogens with one attached hydrogen (secondary N) is 2. The lowest BCUT2D eigenvalue weighted by Gasteiger charge is -2.26. The summed E-state index contributed by atoms with van der Waals surface area (Å²) in [4.78, 5) is 32.9. The number of amides is 2. The number of imidazole rings is 1. The van der Waals surface area contributed by atoms with E-state index in [1.807, 2.05) is 48.5 Å². The van der Waals surface area contributed by atoms with Gasteiger partial charge in [-0.25, -0.2) is 14.8 Å². The van der Waals surface area contributed by atoms with Crippen molar-refractivity contribution in [3.05, 3.63) is 77.6 Å². The molecule has 0 radical (unpaired) electrons. The third-order valence-electron chi connectivity index (χ3n) is 6.45. The zero-order chi connectivity index (χ0) is 26.6. The van der Waals surface area contributed by atoms with Crippen LogP contribution in [-0.4, -0.2) is 52.9 Å². The van der Waals surface area contributed by atoms with Crippen LogP contribution in [-0.2, 0) is 27.4 Å². The van der Waals surface area contributed by atoms with Gasteiger partial charge in [0.1, 0.15) is 17.9 Å². The van der Waals surface area contributed by atoms with E-state index in [-0.39, 0.29) is 25.0 Å².